The summed E-state index contributed by atoms with van der Waals surface area (Å²) in [5.41, 5.74) is 2.74. The molecular weight excluding hydrogens is 348 g/mol. The van der Waals surface area contributed by atoms with E-state index < -0.39 is 0 Å². The second kappa shape index (κ2) is 7.40. The van der Waals surface area contributed by atoms with Crippen LogP contribution >= 0.6 is 11.3 Å². The van der Waals surface area contributed by atoms with Gasteiger partial charge in [0.15, 0.2) is 10.9 Å². The third-order valence-electron chi connectivity index (χ3n) is 3.81. The van der Waals surface area contributed by atoms with E-state index in [1.807, 2.05) is 52.5 Å². The Bertz CT molecular complexity index is 988. The zero-order valence-corrected chi connectivity index (χ0v) is 15.0. The average molecular weight is 366 g/mol. The third kappa shape index (κ3) is 3.60. The van der Waals surface area contributed by atoms with Crippen molar-refractivity contribution >= 4 is 22.3 Å². The molecule has 7 nitrogen and oxygen atoms in total. The largest absolute Gasteiger partial charge is 0.444 e. The minimum Gasteiger partial charge on any atom is -0.444 e. The molecule has 0 spiro atoms. The summed E-state index contributed by atoms with van der Waals surface area (Å²) in [6.45, 7) is 1.12. The highest BCUT2D eigenvalue weighted by Crippen LogP contribution is 2.17. The SMILES string of the molecule is CN=C(NCc1coc(-c2ccccc2)n1)NCc1cn2ccsc2n1. The van der Waals surface area contributed by atoms with E-state index in [9.17, 15) is 0 Å². The van der Waals surface area contributed by atoms with Crippen LogP contribution in [0.2, 0.25) is 0 Å². The summed E-state index contributed by atoms with van der Waals surface area (Å²) in [7, 11) is 1.74. The highest BCUT2D eigenvalue weighted by Gasteiger charge is 2.08. The molecular formula is C18H18N6OS. The average Bonchev–Trinajstić information content (AvgIpc) is 3.39. The maximum absolute atomic E-state index is 5.55. The lowest BCUT2D eigenvalue weighted by molar-refractivity contribution is 0.572. The third-order valence-corrected chi connectivity index (χ3v) is 4.58. The molecule has 0 atom stereocenters. The van der Waals surface area contributed by atoms with Crippen molar-refractivity contribution in [3.05, 3.63) is 65.8 Å². The predicted molar refractivity (Wildman–Crippen MR) is 102 cm³/mol. The van der Waals surface area contributed by atoms with Gasteiger partial charge in [0.05, 0.1) is 24.5 Å². The molecule has 0 saturated carbocycles. The van der Waals surface area contributed by atoms with Crippen LogP contribution in [0.3, 0.4) is 0 Å². The van der Waals surface area contributed by atoms with Gasteiger partial charge < -0.3 is 15.1 Å². The fourth-order valence-electron chi connectivity index (χ4n) is 2.53. The molecule has 0 unspecified atom stereocenters. The first-order chi connectivity index (χ1) is 12.8. The number of fused-ring (bicyclic) bond motifs is 1. The first-order valence-corrected chi connectivity index (χ1v) is 9.05. The van der Waals surface area contributed by atoms with E-state index in [1.165, 1.54) is 0 Å². The molecule has 0 radical (unpaired) electrons. The molecule has 4 aromatic rings. The number of hydrogen-bond donors (Lipinski definition) is 2. The molecule has 132 valence electrons. The van der Waals surface area contributed by atoms with E-state index in [1.54, 1.807) is 24.6 Å². The van der Waals surface area contributed by atoms with Crippen molar-refractivity contribution in [3.8, 4) is 11.5 Å². The number of imidazole rings is 1. The van der Waals surface area contributed by atoms with Crippen molar-refractivity contribution in [2.75, 3.05) is 7.05 Å². The minimum atomic E-state index is 0.522. The molecule has 0 saturated heterocycles. The Kier molecular flexibility index (Phi) is 4.65. The summed E-state index contributed by atoms with van der Waals surface area (Å²) < 4.78 is 7.56. The first kappa shape index (κ1) is 16.3. The number of hydrogen-bond acceptors (Lipinski definition) is 5. The van der Waals surface area contributed by atoms with E-state index in [0.717, 1.165) is 21.9 Å². The van der Waals surface area contributed by atoms with Gasteiger partial charge in [-0.15, -0.1) is 11.3 Å². The Hall–Kier alpha value is -3.13. The summed E-state index contributed by atoms with van der Waals surface area (Å²) in [6, 6.07) is 9.83. The van der Waals surface area contributed by atoms with E-state index in [4.69, 9.17) is 4.42 Å². The van der Waals surface area contributed by atoms with Crippen LogP contribution in [0, 0.1) is 0 Å². The second-order valence-corrected chi connectivity index (χ2v) is 6.49. The van der Waals surface area contributed by atoms with Crippen LogP contribution in [-0.4, -0.2) is 27.4 Å². The molecule has 0 amide bonds. The molecule has 0 fully saturated rings. The van der Waals surface area contributed by atoms with Crippen molar-refractivity contribution < 1.29 is 4.42 Å². The van der Waals surface area contributed by atoms with Gasteiger partial charge in [-0.2, -0.15) is 0 Å². The number of aromatic nitrogens is 3. The number of guanidine groups is 1. The molecule has 0 aliphatic rings. The van der Waals surface area contributed by atoms with Gasteiger partial charge in [-0.3, -0.25) is 9.39 Å². The molecule has 1 aromatic carbocycles. The van der Waals surface area contributed by atoms with Gasteiger partial charge in [0.1, 0.15) is 6.26 Å². The molecule has 0 aliphatic carbocycles. The summed E-state index contributed by atoms with van der Waals surface area (Å²) in [5, 5.41) is 8.50. The van der Waals surface area contributed by atoms with Crippen LogP contribution in [0.1, 0.15) is 11.4 Å². The van der Waals surface area contributed by atoms with Crippen LogP contribution < -0.4 is 10.6 Å². The van der Waals surface area contributed by atoms with E-state index >= 15 is 0 Å². The van der Waals surface area contributed by atoms with Crippen molar-refractivity contribution in [1.82, 2.24) is 25.0 Å². The Labute approximate surface area is 154 Å². The standard InChI is InChI=1S/C18H18N6OS/c1-19-17(20-9-14-11-24-7-8-26-18(24)23-14)21-10-15-12-25-16(22-15)13-5-3-2-4-6-13/h2-8,11-12H,9-10H2,1H3,(H2,19,20,21). The van der Waals surface area contributed by atoms with Crippen molar-refractivity contribution in [3.63, 3.8) is 0 Å². The maximum atomic E-state index is 5.55. The van der Waals surface area contributed by atoms with Gasteiger partial charge in [0.25, 0.3) is 0 Å². The lowest BCUT2D eigenvalue weighted by atomic mass is 10.2. The quantitative estimate of drug-likeness (QED) is 0.419. The normalized spacial score (nSPS) is 11.8. The number of thiazole rings is 1. The topological polar surface area (TPSA) is 79.8 Å². The number of nitrogens with one attached hydrogen (secondary N) is 2. The Morgan fingerprint density at radius 1 is 1.15 bits per heavy atom. The van der Waals surface area contributed by atoms with Gasteiger partial charge in [0.2, 0.25) is 5.89 Å². The summed E-state index contributed by atoms with van der Waals surface area (Å²) in [4.78, 5) is 14.3. The monoisotopic (exact) mass is 366 g/mol. The van der Waals surface area contributed by atoms with Crippen LogP contribution in [0.15, 0.2) is 63.8 Å². The summed E-state index contributed by atoms with van der Waals surface area (Å²) >= 11 is 1.62. The number of nitrogens with zero attached hydrogens (tertiary/aromatic N) is 4. The van der Waals surface area contributed by atoms with Crippen molar-refractivity contribution in [2.45, 2.75) is 13.1 Å². The Balaban J connectivity index is 1.32. The molecule has 0 bridgehead atoms. The fraction of sp³-hybridized carbons (Fsp3) is 0.167. The number of benzene rings is 1. The Morgan fingerprint density at radius 3 is 2.73 bits per heavy atom. The number of oxazole rings is 1. The van der Waals surface area contributed by atoms with Crippen LogP contribution in [0.5, 0.6) is 0 Å². The summed E-state index contributed by atoms with van der Waals surface area (Å²) in [5.74, 6) is 1.30. The molecule has 4 rings (SSSR count). The van der Waals surface area contributed by atoms with Gasteiger partial charge in [-0.25, -0.2) is 9.97 Å². The van der Waals surface area contributed by atoms with Crippen LogP contribution in [0.4, 0.5) is 0 Å². The maximum Gasteiger partial charge on any atom is 0.226 e. The van der Waals surface area contributed by atoms with Gasteiger partial charge >= 0.3 is 0 Å². The number of rotatable bonds is 5. The van der Waals surface area contributed by atoms with Crippen molar-refractivity contribution in [2.24, 2.45) is 4.99 Å². The molecule has 3 aromatic heterocycles. The van der Waals surface area contributed by atoms with Gasteiger partial charge in [-0.1, -0.05) is 18.2 Å². The van der Waals surface area contributed by atoms with Crippen molar-refractivity contribution in [1.29, 1.82) is 0 Å². The smallest absolute Gasteiger partial charge is 0.226 e. The zero-order chi connectivity index (χ0) is 17.8. The highest BCUT2D eigenvalue weighted by atomic mass is 32.1. The minimum absolute atomic E-state index is 0.522. The first-order valence-electron chi connectivity index (χ1n) is 8.17. The van der Waals surface area contributed by atoms with E-state index in [-0.39, 0.29) is 0 Å². The molecule has 2 N–H and O–H groups in total. The summed E-state index contributed by atoms with van der Waals surface area (Å²) in [6.07, 6.45) is 5.67. The zero-order valence-electron chi connectivity index (χ0n) is 14.2. The van der Waals surface area contributed by atoms with Crippen LogP contribution in [0.25, 0.3) is 16.4 Å². The fourth-order valence-corrected chi connectivity index (χ4v) is 3.25. The molecule has 8 heteroatoms. The highest BCUT2D eigenvalue weighted by molar-refractivity contribution is 7.15. The predicted octanol–water partition coefficient (Wildman–Crippen LogP) is 2.92. The second-order valence-electron chi connectivity index (χ2n) is 5.61. The van der Waals surface area contributed by atoms with Crippen LogP contribution in [-0.2, 0) is 13.1 Å². The van der Waals surface area contributed by atoms with E-state index in [0.29, 0.717) is 24.9 Å². The molecule has 26 heavy (non-hydrogen) atoms. The lowest BCUT2D eigenvalue weighted by Gasteiger charge is -2.09. The van der Waals surface area contributed by atoms with Gasteiger partial charge in [-0.05, 0) is 12.1 Å². The Morgan fingerprint density at radius 2 is 1.96 bits per heavy atom. The number of aliphatic imine (C=N–C) groups is 1. The molecule has 3 heterocycles. The van der Waals surface area contributed by atoms with Gasteiger partial charge in [0, 0.05) is 30.4 Å². The molecule has 0 aliphatic heterocycles. The lowest BCUT2D eigenvalue weighted by Crippen LogP contribution is -2.36. The van der Waals surface area contributed by atoms with E-state index in [2.05, 4.69) is 25.6 Å².